The number of nitrogens with zero attached hydrogens (tertiary/aromatic N) is 2. The first-order valence-electron chi connectivity index (χ1n) is 8.34. The van der Waals surface area contributed by atoms with Crippen LogP contribution in [0, 0.1) is 0 Å². The first-order chi connectivity index (χ1) is 12.1. The van der Waals surface area contributed by atoms with Crippen LogP contribution in [0.5, 0.6) is 0 Å². The number of benzene rings is 1. The highest BCUT2D eigenvalue weighted by Crippen LogP contribution is 2.44. The number of fused-ring (bicyclic) bond motifs is 1. The highest BCUT2D eigenvalue weighted by molar-refractivity contribution is 5.99. The van der Waals surface area contributed by atoms with Crippen molar-refractivity contribution >= 4 is 11.7 Å². The summed E-state index contributed by atoms with van der Waals surface area (Å²) >= 11 is 0. The Morgan fingerprint density at radius 2 is 1.88 bits per heavy atom. The molecule has 0 aliphatic carbocycles. The summed E-state index contributed by atoms with van der Waals surface area (Å²) in [6.07, 6.45) is -3.47. The Kier molecular flexibility index (Phi) is 4.46. The lowest BCUT2D eigenvalue weighted by Gasteiger charge is -2.34. The zero-order valence-electron chi connectivity index (χ0n) is 14.8. The number of hydrogen-bond donors (Lipinski definition) is 2. The molecule has 0 saturated heterocycles. The molecule has 0 bridgehead atoms. The van der Waals surface area contributed by atoms with Crippen LogP contribution in [0.25, 0.3) is 0 Å². The molecular formula is C18H21F3N4O. The number of hydrogen-bond acceptors (Lipinski definition) is 3. The van der Waals surface area contributed by atoms with Crippen molar-refractivity contribution in [1.29, 1.82) is 0 Å². The molecule has 1 aliphatic rings. The fourth-order valence-electron chi connectivity index (χ4n) is 3.04. The van der Waals surface area contributed by atoms with Crippen molar-refractivity contribution in [3.8, 4) is 0 Å². The average molecular weight is 366 g/mol. The summed E-state index contributed by atoms with van der Waals surface area (Å²) in [6.45, 7) is 5.42. The van der Waals surface area contributed by atoms with Gasteiger partial charge in [0.05, 0.1) is 12.2 Å². The van der Waals surface area contributed by atoms with Crippen LogP contribution in [0.1, 0.15) is 55.2 Å². The lowest BCUT2D eigenvalue weighted by atomic mass is 9.96. The largest absolute Gasteiger partial charge is 0.410 e. The summed E-state index contributed by atoms with van der Waals surface area (Å²) in [5.74, 6) is -0.366. The second kappa shape index (κ2) is 6.34. The lowest BCUT2D eigenvalue weighted by molar-refractivity contribution is -0.173. The number of rotatable bonds is 2. The number of nitrogens with one attached hydrogen (secondary N) is 2. The zero-order valence-corrected chi connectivity index (χ0v) is 14.8. The molecule has 26 heavy (non-hydrogen) atoms. The molecule has 140 valence electrons. The maximum absolute atomic E-state index is 13.6. The van der Waals surface area contributed by atoms with Crippen molar-refractivity contribution in [2.45, 2.75) is 51.0 Å². The van der Waals surface area contributed by atoms with E-state index in [1.54, 1.807) is 51.1 Å². The summed E-state index contributed by atoms with van der Waals surface area (Å²) in [6, 6.07) is 6.54. The Morgan fingerprint density at radius 1 is 1.23 bits per heavy atom. The molecule has 0 saturated carbocycles. The second-order valence-electron chi connectivity index (χ2n) is 7.46. The van der Waals surface area contributed by atoms with Crippen LogP contribution in [-0.4, -0.2) is 27.4 Å². The van der Waals surface area contributed by atoms with E-state index in [1.165, 1.54) is 6.20 Å². The van der Waals surface area contributed by atoms with Crippen molar-refractivity contribution < 1.29 is 18.0 Å². The zero-order chi connectivity index (χ0) is 19.1. The molecule has 2 N–H and O–H groups in total. The highest BCUT2D eigenvalue weighted by Gasteiger charge is 2.47. The maximum Gasteiger partial charge on any atom is 0.410 e. The minimum Gasteiger partial charge on any atom is -0.363 e. The van der Waals surface area contributed by atoms with Crippen LogP contribution in [0.15, 0.2) is 36.5 Å². The van der Waals surface area contributed by atoms with Gasteiger partial charge < -0.3 is 10.6 Å². The number of alkyl halides is 3. The fourth-order valence-corrected chi connectivity index (χ4v) is 3.04. The van der Waals surface area contributed by atoms with E-state index < -0.39 is 29.7 Å². The first-order valence-corrected chi connectivity index (χ1v) is 8.34. The maximum atomic E-state index is 13.6. The van der Waals surface area contributed by atoms with Crippen LogP contribution < -0.4 is 10.6 Å². The number of anilines is 1. The van der Waals surface area contributed by atoms with Gasteiger partial charge in [0.15, 0.2) is 6.04 Å². The Morgan fingerprint density at radius 3 is 2.46 bits per heavy atom. The fraction of sp³-hybridized carbons (Fsp3) is 0.444. The molecule has 0 radical (unpaired) electrons. The van der Waals surface area contributed by atoms with Gasteiger partial charge in [-0.1, -0.05) is 30.3 Å². The molecule has 2 unspecified atom stereocenters. The van der Waals surface area contributed by atoms with Gasteiger partial charge in [0.1, 0.15) is 11.4 Å². The number of carbonyl (C=O) groups is 1. The second-order valence-corrected chi connectivity index (χ2v) is 7.46. The molecule has 1 aromatic heterocycles. The summed E-state index contributed by atoms with van der Waals surface area (Å²) in [4.78, 5) is 12.5. The number of aromatic nitrogens is 2. The third-order valence-corrected chi connectivity index (χ3v) is 4.17. The molecule has 0 fully saturated rings. The van der Waals surface area contributed by atoms with Crippen LogP contribution >= 0.6 is 0 Å². The van der Waals surface area contributed by atoms with Crippen molar-refractivity contribution in [2.75, 3.05) is 5.32 Å². The van der Waals surface area contributed by atoms with Gasteiger partial charge in [-0.3, -0.25) is 4.79 Å². The van der Waals surface area contributed by atoms with Crippen molar-refractivity contribution in [3.05, 3.63) is 47.7 Å². The Balaban J connectivity index is 2.01. The molecule has 2 heterocycles. The molecule has 3 rings (SSSR count). The molecule has 1 aliphatic heterocycles. The van der Waals surface area contributed by atoms with Gasteiger partial charge >= 0.3 is 6.18 Å². The number of carbonyl (C=O) groups excluding carboxylic acids is 1. The van der Waals surface area contributed by atoms with Crippen LogP contribution in [0.3, 0.4) is 0 Å². The Bertz CT molecular complexity index is 793. The van der Waals surface area contributed by atoms with Gasteiger partial charge in [-0.05, 0) is 26.3 Å². The van der Waals surface area contributed by atoms with E-state index in [2.05, 4.69) is 15.7 Å². The molecule has 2 aromatic rings. The van der Waals surface area contributed by atoms with Gasteiger partial charge in [0.2, 0.25) is 0 Å². The summed E-state index contributed by atoms with van der Waals surface area (Å²) in [7, 11) is 0. The monoisotopic (exact) mass is 366 g/mol. The predicted octanol–water partition coefficient (Wildman–Crippen LogP) is 4.07. The molecule has 0 spiro atoms. The van der Waals surface area contributed by atoms with E-state index in [9.17, 15) is 18.0 Å². The van der Waals surface area contributed by atoms with E-state index in [4.69, 9.17) is 0 Å². The average Bonchev–Trinajstić information content (AvgIpc) is 2.96. The molecule has 8 heteroatoms. The summed E-state index contributed by atoms with van der Waals surface area (Å²) in [5, 5.41) is 9.69. The molecular weight excluding hydrogens is 345 g/mol. The van der Waals surface area contributed by atoms with Crippen LogP contribution in [-0.2, 0) is 0 Å². The molecule has 5 nitrogen and oxygen atoms in total. The minimum absolute atomic E-state index is 0.0918. The normalized spacial score (nSPS) is 20.2. The van der Waals surface area contributed by atoms with Crippen molar-refractivity contribution in [3.63, 3.8) is 0 Å². The predicted molar refractivity (Wildman–Crippen MR) is 92.0 cm³/mol. The third kappa shape index (κ3) is 3.68. The van der Waals surface area contributed by atoms with Gasteiger partial charge in [-0.2, -0.15) is 18.3 Å². The van der Waals surface area contributed by atoms with E-state index in [1.807, 2.05) is 0 Å². The quantitative estimate of drug-likeness (QED) is 0.842. The van der Waals surface area contributed by atoms with Crippen molar-refractivity contribution in [1.82, 2.24) is 15.1 Å². The summed E-state index contributed by atoms with van der Waals surface area (Å²) < 4.78 is 41.7. The van der Waals surface area contributed by atoms with Gasteiger partial charge in [-0.25, -0.2) is 4.68 Å². The standard InChI is InChI=1S/C18H21F3N4O/c1-17(2,3)24-16(26)12-10-22-25-14(18(19,20)21)9-13(23-15(12)25)11-7-5-4-6-8-11/h4-8,10,13-14,23H,9H2,1-3H3,(H,24,26). The minimum atomic E-state index is -4.46. The SMILES string of the molecule is CC(C)(C)NC(=O)c1cnn2c1NC(c1ccccc1)CC2C(F)(F)F. The van der Waals surface area contributed by atoms with Crippen LogP contribution in [0.2, 0.25) is 0 Å². The van der Waals surface area contributed by atoms with E-state index in [-0.39, 0.29) is 17.8 Å². The summed E-state index contributed by atoms with van der Waals surface area (Å²) in [5.41, 5.74) is 0.328. The van der Waals surface area contributed by atoms with Crippen LogP contribution in [0.4, 0.5) is 19.0 Å². The van der Waals surface area contributed by atoms with E-state index in [0.29, 0.717) is 0 Å². The molecule has 2 atom stereocenters. The topological polar surface area (TPSA) is 59.0 Å². The van der Waals surface area contributed by atoms with Gasteiger partial charge in [0, 0.05) is 12.0 Å². The third-order valence-electron chi connectivity index (χ3n) is 4.17. The Labute approximate surface area is 149 Å². The number of amides is 1. The smallest absolute Gasteiger partial charge is 0.363 e. The molecule has 1 amide bonds. The highest BCUT2D eigenvalue weighted by atomic mass is 19.4. The van der Waals surface area contributed by atoms with E-state index >= 15 is 0 Å². The van der Waals surface area contributed by atoms with Gasteiger partial charge in [0.25, 0.3) is 5.91 Å². The molecule has 1 aromatic carbocycles. The lowest BCUT2D eigenvalue weighted by Crippen LogP contribution is -2.41. The van der Waals surface area contributed by atoms with E-state index in [0.717, 1.165) is 10.2 Å². The van der Waals surface area contributed by atoms with Gasteiger partial charge in [-0.15, -0.1) is 0 Å². The van der Waals surface area contributed by atoms with Crippen molar-refractivity contribution in [2.24, 2.45) is 0 Å². The first kappa shape index (κ1) is 18.3. The number of halogens is 3. The Hall–Kier alpha value is -2.51.